The quantitative estimate of drug-likeness (QED) is 0.928. The van der Waals surface area contributed by atoms with Crippen molar-refractivity contribution in [2.75, 3.05) is 38.1 Å². The van der Waals surface area contributed by atoms with Gasteiger partial charge in [-0.1, -0.05) is 12.1 Å². The van der Waals surface area contributed by atoms with Crippen LogP contribution in [-0.2, 0) is 4.79 Å². The Hall–Kier alpha value is -1.55. The maximum Gasteiger partial charge on any atom is 0.224 e. The van der Waals surface area contributed by atoms with E-state index in [1.54, 1.807) is 0 Å². The van der Waals surface area contributed by atoms with Crippen molar-refractivity contribution in [2.24, 2.45) is 5.92 Å². The van der Waals surface area contributed by atoms with Crippen LogP contribution in [0.3, 0.4) is 0 Å². The zero-order chi connectivity index (χ0) is 16.2. The number of amides is 1. The first-order valence-corrected chi connectivity index (χ1v) is 8.97. The molecule has 0 aromatic heterocycles. The molecule has 2 aliphatic heterocycles. The third-order valence-corrected chi connectivity index (χ3v) is 5.22. The Morgan fingerprint density at radius 3 is 2.48 bits per heavy atom. The predicted octanol–water partition coefficient (Wildman–Crippen LogP) is 2.81. The van der Waals surface area contributed by atoms with Gasteiger partial charge < -0.3 is 15.1 Å². The number of benzene rings is 1. The van der Waals surface area contributed by atoms with Gasteiger partial charge in [0.05, 0.1) is 12.0 Å². The number of rotatable bonds is 4. The average molecular weight is 315 g/mol. The SMILES string of the molecule is C[C@@H](NC(=O)[C@H]1CCCN(C)C1)c1ccc(N2CCCC2)cc1. The Bertz CT molecular complexity index is 522. The molecule has 126 valence electrons. The van der Waals surface area contributed by atoms with Gasteiger partial charge in [0.25, 0.3) is 0 Å². The van der Waals surface area contributed by atoms with Crippen LogP contribution in [0.4, 0.5) is 5.69 Å². The molecule has 1 aromatic carbocycles. The van der Waals surface area contributed by atoms with Crippen LogP contribution in [0.1, 0.15) is 44.2 Å². The zero-order valence-electron chi connectivity index (χ0n) is 14.4. The lowest BCUT2D eigenvalue weighted by Crippen LogP contribution is -2.42. The van der Waals surface area contributed by atoms with Gasteiger partial charge in [-0.25, -0.2) is 0 Å². The summed E-state index contributed by atoms with van der Waals surface area (Å²) < 4.78 is 0. The molecule has 4 heteroatoms. The summed E-state index contributed by atoms with van der Waals surface area (Å²) in [4.78, 5) is 17.1. The van der Waals surface area contributed by atoms with E-state index in [9.17, 15) is 4.79 Å². The molecule has 0 spiro atoms. The van der Waals surface area contributed by atoms with Crippen molar-refractivity contribution in [1.29, 1.82) is 0 Å². The summed E-state index contributed by atoms with van der Waals surface area (Å²) in [7, 11) is 2.10. The van der Waals surface area contributed by atoms with Gasteiger partial charge in [0.2, 0.25) is 5.91 Å². The monoisotopic (exact) mass is 315 g/mol. The first-order chi connectivity index (χ1) is 11.1. The maximum atomic E-state index is 12.5. The smallest absolute Gasteiger partial charge is 0.224 e. The number of anilines is 1. The normalized spacial score (nSPS) is 23.7. The first-order valence-electron chi connectivity index (χ1n) is 8.97. The van der Waals surface area contributed by atoms with E-state index in [1.165, 1.54) is 37.2 Å². The highest BCUT2D eigenvalue weighted by Crippen LogP contribution is 2.23. The molecule has 3 rings (SSSR count). The van der Waals surface area contributed by atoms with Gasteiger partial charge >= 0.3 is 0 Å². The third-order valence-electron chi connectivity index (χ3n) is 5.22. The average Bonchev–Trinajstić information content (AvgIpc) is 3.09. The molecular weight excluding hydrogens is 286 g/mol. The summed E-state index contributed by atoms with van der Waals surface area (Å²) in [6.07, 6.45) is 4.72. The lowest BCUT2D eigenvalue weighted by atomic mass is 9.97. The molecule has 0 unspecified atom stereocenters. The fourth-order valence-corrected chi connectivity index (χ4v) is 3.74. The minimum atomic E-state index is 0.0716. The number of carbonyl (C=O) groups is 1. The molecule has 2 aliphatic rings. The predicted molar refractivity (Wildman–Crippen MR) is 94.7 cm³/mol. The fraction of sp³-hybridized carbons (Fsp3) is 0.632. The van der Waals surface area contributed by atoms with E-state index in [2.05, 4.69) is 53.4 Å². The minimum absolute atomic E-state index is 0.0716. The molecule has 2 atom stereocenters. The fourth-order valence-electron chi connectivity index (χ4n) is 3.74. The summed E-state index contributed by atoms with van der Waals surface area (Å²) in [6, 6.07) is 8.77. The van der Waals surface area contributed by atoms with Gasteiger partial charge in [-0.05, 0) is 63.9 Å². The molecule has 1 N–H and O–H groups in total. The highest BCUT2D eigenvalue weighted by atomic mass is 16.2. The van der Waals surface area contributed by atoms with Crippen molar-refractivity contribution in [3.63, 3.8) is 0 Å². The van der Waals surface area contributed by atoms with Crippen LogP contribution in [0.25, 0.3) is 0 Å². The van der Waals surface area contributed by atoms with E-state index in [4.69, 9.17) is 0 Å². The zero-order valence-corrected chi connectivity index (χ0v) is 14.4. The van der Waals surface area contributed by atoms with Crippen molar-refractivity contribution in [2.45, 2.75) is 38.6 Å². The topological polar surface area (TPSA) is 35.6 Å². The molecule has 0 bridgehead atoms. The number of nitrogens with zero attached hydrogens (tertiary/aromatic N) is 2. The summed E-state index contributed by atoms with van der Waals surface area (Å²) in [5.41, 5.74) is 2.49. The number of carbonyl (C=O) groups excluding carboxylic acids is 1. The van der Waals surface area contributed by atoms with Crippen LogP contribution in [0.15, 0.2) is 24.3 Å². The van der Waals surface area contributed by atoms with Gasteiger partial charge in [0.15, 0.2) is 0 Å². The van der Waals surface area contributed by atoms with Crippen molar-refractivity contribution in [3.8, 4) is 0 Å². The maximum absolute atomic E-state index is 12.5. The van der Waals surface area contributed by atoms with Crippen molar-refractivity contribution in [3.05, 3.63) is 29.8 Å². The molecule has 1 aromatic rings. The van der Waals surface area contributed by atoms with Crippen molar-refractivity contribution in [1.82, 2.24) is 10.2 Å². The second-order valence-electron chi connectivity index (χ2n) is 7.12. The number of hydrogen-bond donors (Lipinski definition) is 1. The van der Waals surface area contributed by atoms with E-state index in [-0.39, 0.29) is 17.9 Å². The number of piperidine rings is 1. The lowest BCUT2D eigenvalue weighted by Gasteiger charge is -2.29. The Kier molecular flexibility index (Phi) is 5.21. The van der Waals surface area contributed by atoms with E-state index in [0.29, 0.717) is 0 Å². The van der Waals surface area contributed by atoms with E-state index >= 15 is 0 Å². The second kappa shape index (κ2) is 7.35. The van der Waals surface area contributed by atoms with Gasteiger partial charge in [-0.2, -0.15) is 0 Å². The molecule has 0 radical (unpaired) electrons. The Labute approximate surface area is 139 Å². The van der Waals surface area contributed by atoms with Gasteiger partial charge in [-0.15, -0.1) is 0 Å². The number of nitrogens with one attached hydrogen (secondary N) is 1. The number of hydrogen-bond acceptors (Lipinski definition) is 3. The standard InChI is InChI=1S/C19H29N3O/c1-15(20-19(23)17-6-5-11-21(2)14-17)16-7-9-18(10-8-16)22-12-3-4-13-22/h7-10,15,17H,3-6,11-14H2,1-2H3,(H,20,23)/t15-,17+/m1/s1. The van der Waals surface area contributed by atoms with Crippen molar-refractivity contribution < 1.29 is 4.79 Å². The highest BCUT2D eigenvalue weighted by Gasteiger charge is 2.25. The molecule has 0 saturated carbocycles. The van der Waals surface area contributed by atoms with Crippen LogP contribution >= 0.6 is 0 Å². The molecule has 4 nitrogen and oxygen atoms in total. The van der Waals surface area contributed by atoms with Crippen LogP contribution in [-0.4, -0.2) is 44.0 Å². The largest absolute Gasteiger partial charge is 0.372 e. The highest BCUT2D eigenvalue weighted by molar-refractivity contribution is 5.79. The second-order valence-corrected chi connectivity index (χ2v) is 7.12. The van der Waals surface area contributed by atoms with Gasteiger partial charge in [0, 0.05) is 25.3 Å². The summed E-state index contributed by atoms with van der Waals surface area (Å²) in [5, 5.41) is 3.20. The van der Waals surface area contributed by atoms with Crippen molar-refractivity contribution >= 4 is 11.6 Å². The molecule has 23 heavy (non-hydrogen) atoms. The molecule has 1 amide bonds. The molecule has 2 heterocycles. The summed E-state index contributed by atoms with van der Waals surface area (Å²) in [5.74, 6) is 0.341. The van der Waals surface area contributed by atoms with Gasteiger partial charge in [-0.3, -0.25) is 4.79 Å². The number of likely N-dealkylation sites (tertiary alicyclic amines) is 1. The Balaban J connectivity index is 1.56. The third kappa shape index (κ3) is 4.05. The summed E-state index contributed by atoms with van der Waals surface area (Å²) in [6.45, 7) is 6.40. The van der Waals surface area contributed by atoms with Crippen LogP contribution in [0.2, 0.25) is 0 Å². The van der Waals surface area contributed by atoms with E-state index < -0.39 is 0 Å². The van der Waals surface area contributed by atoms with E-state index in [1.807, 2.05) is 0 Å². The van der Waals surface area contributed by atoms with Crippen LogP contribution in [0.5, 0.6) is 0 Å². The first kappa shape index (κ1) is 16.3. The van der Waals surface area contributed by atoms with Crippen LogP contribution < -0.4 is 10.2 Å². The molecule has 2 saturated heterocycles. The molecular formula is C19H29N3O. The van der Waals surface area contributed by atoms with Crippen LogP contribution in [0, 0.1) is 5.92 Å². The Morgan fingerprint density at radius 1 is 1.13 bits per heavy atom. The lowest BCUT2D eigenvalue weighted by molar-refractivity contribution is -0.127. The van der Waals surface area contributed by atoms with Gasteiger partial charge in [0.1, 0.15) is 0 Å². The molecule has 0 aliphatic carbocycles. The Morgan fingerprint density at radius 2 is 1.83 bits per heavy atom. The minimum Gasteiger partial charge on any atom is -0.372 e. The molecule has 2 fully saturated rings. The van der Waals surface area contributed by atoms with E-state index in [0.717, 1.165) is 25.9 Å². The summed E-state index contributed by atoms with van der Waals surface area (Å²) >= 11 is 0.